The molecule has 4 nitrogen and oxygen atoms in total. The van der Waals surface area contributed by atoms with Gasteiger partial charge in [-0.1, -0.05) is 11.6 Å². The van der Waals surface area contributed by atoms with E-state index in [0.717, 1.165) is 18.0 Å². The van der Waals surface area contributed by atoms with Gasteiger partial charge in [0, 0.05) is 25.6 Å². The van der Waals surface area contributed by atoms with E-state index in [-0.39, 0.29) is 5.91 Å². The first-order valence-electron chi connectivity index (χ1n) is 4.84. The largest absolute Gasteiger partial charge is 0.355 e. The van der Waals surface area contributed by atoms with Gasteiger partial charge in [-0.2, -0.15) is 0 Å². The van der Waals surface area contributed by atoms with Crippen LogP contribution in [-0.2, 0) is 11.3 Å². The Kier molecular flexibility index (Phi) is 3.56. The highest BCUT2D eigenvalue weighted by molar-refractivity contribution is 7.15. The van der Waals surface area contributed by atoms with E-state index in [2.05, 4.69) is 15.6 Å². The van der Waals surface area contributed by atoms with E-state index in [4.69, 9.17) is 11.6 Å². The molecule has 1 aliphatic rings. The molecule has 0 radical (unpaired) electrons. The zero-order valence-electron chi connectivity index (χ0n) is 8.12. The minimum atomic E-state index is 0.144. The summed E-state index contributed by atoms with van der Waals surface area (Å²) in [6.45, 7) is 1.43. The third-order valence-corrected chi connectivity index (χ3v) is 3.45. The summed E-state index contributed by atoms with van der Waals surface area (Å²) in [4.78, 5) is 15.1. The lowest BCUT2D eigenvalue weighted by atomic mass is 10.1. The molecule has 2 N–H and O–H groups in total. The maximum absolute atomic E-state index is 10.9. The van der Waals surface area contributed by atoms with Gasteiger partial charge in [0.05, 0.1) is 6.20 Å². The van der Waals surface area contributed by atoms with E-state index in [9.17, 15) is 4.79 Å². The molecule has 0 saturated carbocycles. The van der Waals surface area contributed by atoms with Gasteiger partial charge in [-0.25, -0.2) is 4.98 Å². The third-order valence-electron chi connectivity index (χ3n) is 2.33. The fraction of sp³-hybridized carbons (Fsp3) is 0.556. The standard InChI is InChI=1S/C9H12ClN3OS/c10-7-4-13-9(15-7)5-11-6-1-2-8(14)12-3-6/h4,6,11H,1-3,5H2,(H,12,14). The molecule has 6 heteroatoms. The number of rotatable bonds is 3. The highest BCUT2D eigenvalue weighted by Crippen LogP contribution is 2.18. The Labute approximate surface area is 97.0 Å². The highest BCUT2D eigenvalue weighted by Gasteiger charge is 2.17. The van der Waals surface area contributed by atoms with E-state index in [0.29, 0.717) is 23.3 Å². The van der Waals surface area contributed by atoms with Crippen molar-refractivity contribution in [1.29, 1.82) is 0 Å². The number of amides is 1. The first-order valence-corrected chi connectivity index (χ1v) is 6.04. The zero-order chi connectivity index (χ0) is 10.7. The van der Waals surface area contributed by atoms with Crippen LogP contribution in [0.25, 0.3) is 0 Å². The summed E-state index contributed by atoms with van der Waals surface area (Å²) in [5.74, 6) is 0.144. The number of nitrogens with zero attached hydrogens (tertiary/aromatic N) is 1. The van der Waals surface area contributed by atoms with Crippen LogP contribution >= 0.6 is 22.9 Å². The normalized spacial score (nSPS) is 21.4. The number of hydrogen-bond acceptors (Lipinski definition) is 4. The Hall–Kier alpha value is -0.650. The van der Waals surface area contributed by atoms with Gasteiger partial charge >= 0.3 is 0 Å². The maximum atomic E-state index is 10.9. The van der Waals surface area contributed by atoms with E-state index < -0.39 is 0 Å². The fourth-order valence-electron chi connectivity index (χ4n) is 1.51. The summed E-state index contributed by atoms with van der Waals surface area (Å²) >= 11 is 7.25. The molecule has 2 rings (SSSR count). The molecule has 0 spiro atoms. The van der Waals surface area contributed by atoms with Crippen LogP contribution in [0.3, 0.4) is 0 Å². The predicted molar refractivity (Wildman–Crippen MR) is 60.0 cm³/mol. The van der Waals surface area contributed by atoms with E-state index in [1.54, 1.807) is 6.20 Å². The molecule has 1 atom stereocenters. The van der Waals surface area contributed by atoms with Crippen molar-refractivity contribution in [3.05, 3.63) is 15.5 Å². The molecule has 1 aromatic heterocycles. The van der Waals surface area contributed by atoms with Gasteiger partial charge in [0.2, 0.25) is 5.91 Å². The molecule has 82 valence electrons. The maximum Gasteiger partial charge on any atom is 0.220 e. The smallest absolute Gasteiger partial charge is 0.220 e. The number of nitrogens with one attached hydrogen (secondary N) is 2. The minimum Gasteiger partial charge on any atom is -0.355 e. The lowest BCUT2D eigenvalue weighted by molar-refractivity contribution is -0.122. The average molecular weight is 246 g/mol. The molecule has 1 saturated heterocycles. The topological polar surface area (TPSA) is 54.0 Å². The van der Waals surface area contributed by atoms with Crippen molar-refractivity contribution < 1.29 is 4.79 Å². The van der Waals surface area contributed by atoms with Crippen LogP contribution in [0.4, 0.5) is 0 Å². The van der Waals surface area contributed by atoms with Gasteiger partial charge in [0.25, 0.3) is 0 Å². The molecule has 1 aromatic rings. The Morgan fingerprint density at radius 1 is 1.73 bits per heavy atom. The van der Waals surface area contributed by atoms with Crippen molar-refractivity contribution in [1.82, 2.24) is 15.6 Å². The van der Waals surface area contributed by atoms with Gasteiger partial charge in [-0.05, 0) is 6.42 Å². The Morgan fingerprint density at radius 3 is 3.20 bits per heavy atom. The minimum absolute atomic E-state index is 0.144. The van der Waals surface area contributed by atoms with Crippen molar-refractivity contribution in [3.8, 4) is 0 Å². The van der Waals surface area contributed by atoms with Gasteiger partial charge < -0.3 is 10.6 Å². The van der Waals surface area contributed by atoms with Crippen molar-refractivity contribution in [2.75, 3.05) is 6.54 Å². The molecule has 0 bridgehead atoms. The fourth-order valence-corrected chi connectivity index (χ4v) is 2.42. The molecule has 1 amide bonds. The molecular formula is C9H12ClN3OS. The van der Waals surface area contributed by atoms with Crippen molar-refractivity contribution in [3.63, 3.8) is 0 Å². The summed E-state index contributed by atoms with van der Waals surface area (Å²) in [5.41, 5.74) is 0. The molecule has 2 heterocycles. The monoisotopic (exact) mass is 245 g/mol. The first kappa shape index (κ1) is 10.9. The lowest BCUT2D eigenvalue weighted by Crippen LogP contribution is -2.45. The van der Waals surface area contributed by atoms with Crippen LogP contribution in [0.2, 0.25) is 4.34 Å². The van der Waals surface area contributed by atoms with E-state index in [1.807, 2.05) is 0 Å². The third kappa shape index (κ3) is 3.15. The summed E-state index contributed by atoms with van der Waals surface area (Å²) in [6, 6.07) is 0.352. The van der Waals surface area contributed by atoms with Gasteiger partial charge in [-0.3, -0.25) is 4.79 Å². The number of halogens is 1. The van der Waals surface area contributed by atoms with Crippen LogP contribution in [0.15, 0.2) is 6.20 Å². The molecule has 1 unspecified atom stereocenters. The number of carbonyl (C=O) groups excluding carboxylic acids is 1. The van der Waals surface area contributed by atoms with Crippen LogP contribution in [0, 0.1) is 0 Å². The number of piperidine rings is 1. The van der Waals surface area contributed by atoms with Crippen molar-refractivity contribution >= 4 is 28.8 Å². The lowest BCUT2D eigenvalue weighted by Gasteiger charge is -2.22. The molecule has 15 heavy (non-hydrogen) atoms. The predicted octanol–water partition coefficient (Wildman–Crippen LogP) is 1.16. The Bertz CT molecular complexity index is 345. The van der Waals surface area contributed by atoms with Crippen LogP contribution < -0.4 is 10.6 Å². The Morgan fingerprint density at radius 2 is 2.60 bits per heavy atom. The van der Waals surface area contributed by atoms with Gasteiger partial charge in [0.15, 0.2) is 0 Å². The van der Waals surface area contributed by atoms with E-state index in [1.165, 1.54) is 11.3 Å². The number of aromatic nitrogens is 1. The number of thiazole rings is 1. The molecule has 1 fully saturated rings. The molecule has 0 aliphatic carbocycles. The van der Waals surface area contributed by atoms with Gasteiger partial charge in [-0.15, -0.1) is 11.3 Å². The molecular weight excluding hydrogens is 234 g/mol. The summed E-state index contributed by atoms with van der Waals surface area (Å²) in [7, 11) is 0. The van der Waals surface area contributed by atoms with Crippen molar-refractivity contribution in [2.24, 2.45) is 0 Å². The highest BCUT2D eigenvalue weighted by atomic mass is 35.5. The van der Waals surface area contributed by atoms with Crippen LogP contribution in [-0.4, -0.2) is 23.5 Å². The first-order chi connectivity index (χ1) is 7.24. The summed E-state index contributed by atoms with van der Waals surface area (Å²) in [5, 5.41) is 7.16. The average Bonchev–Trinajstić information content (AvgIpc) is 2.64. The van der Waals surface area contributed by atoms with E-state index >= 15 is 0 Å². The van der Waals surface area contributed by atoms with Crippen LogP contribution in [0.1, 0.15) is 17.8 Å². The molecule has 0 aromatic carbocycles. The SMILES string of the molecule is O=C1CCC(NCc2ncc(Cl)s2)CN1. The second-order valence-corrected chi connectivity index (χ2v) is 5.23. The van der Waals surface area contributed by atoms with Crippen molar-refractivity contribution in [2.45, 2.75) is 25.4 Å². The second kappa shape index (κ2) is 4.92. The summed E-state index contributed by atoms with van der Waals surface area (Å²) in [6.07, 6.45) is 3.16. The summed E-state index contributed by atoms with van der Waals surface area (Å²) < 4.78 is 0.712. The van der Waals surface area contributed by atoms with Crippen LogP contribution in [0.5, 0.6) is 0 Å². The quantitative estimate of drug-likeness (QED) is 0.841. The van der Waals surface area contributed by atoms with Gasteiger partial charge in [0.1, 0.15) is 9.34 Å². The zero-order valence-corrected chi connectivity index (χ0v) is 9.70. The number of carbonyl (C=O) groups is 1. The number of hydrogen-bond donors (Lipinski definition) is 2. The Balaban J connectivity index is 1.76. The second-order valence-electron chi connectivity index (χ2n) is 3.48. The molecule has 1 aliphatic heterocycles.